The zero-order chi connectivity index (χ0) is 14.3. The Kier molecular flexibility index (Phi) is 6.50. The van der Waals surface area contributed by atoms with E-state index in [9.17, 15) is 9.18 Å². The molecule has 0 aliphatic carbocycles. The highest BCUT2D eigenvalue weighted by Crippen LogP contribution is 2.18. The van der Waals surface area contributed by atoms with Crippen LogP contribution in [0.5, 0.6) is 0 Å². The van der Waals surface area contributed by atoms with Gasteiger partial charge in [0.05, 0.1) is 0 Å². The molecule has 1 aromatic rings. The van der Waals surface area contributed by atoms with Crippen molar-refractivity contribution < 1.29 is 9.18 Å². The number of amides is 1. The van der Waals surface area contributed by atoms with E-state index in [1.165, 1.54) is 12.1 Å². The molecule has 4 heteroatoms. The van der Waals surface area contributed by atoms with Crippen LogP contribution in [0.15, 0.2) is 24.3 Å². The van der Waals surface area contributed by atoms with Crippen molar-refractivity contribution in [2.45, 2.75) is 25.7 Å². The molecule has 0 fully saturated rings. The average molecular weight is 266 g/mol. The van der Waals surface area contributed by atoms with Crippen LogP contribution in [0.2, 0.25) is 0 Å². The first-order chi connectivity index (χ1) is 8.99. The summed E-state index contributed by atoms with van der Waals surface area (Å²) in [5.41, 5.74) is 0.991. The van der Waals surface area contributed by atoms with Gasteiger partial charge in [0.25, 0.3) is 0 Å². The average Bonchev–Trinajstić information content (AvgIpc) is 2.35. The number of nitrogens with zero attached hydrogens (tertiary/aromatic N) is 1. The molecule has 0 aliphatic rings. The van der Waals surface area contributed by atoms with Crippen LogP contribution in [0, 0.1) is 5.82 Å². The standard InChI is InChI=1S/C15H23FN2O/c1-12(13-5-7-14(16)8-6-13)11-15(19)17-9-4-10-18(2)3/h5-8,12H,4,9-11H2,1-3H3,(H,17,19). The highest BCUT2D eigenvalue weighted by molar-refractivity contribution is 5.76. The number of carbonyl (C=O) groups excluding carboxylic acids is 1. The number of hydrogen-bond donors (Lipinski definition) is 1. The minimum absolute atomic E-state index is 0.0515. The number of carbonyl (C=O) groups is 1. The molecule has 0 saturated heterocycles. The molecule has 0 heterocycles. The Labute approximate surface area is 114 Å². The highest BCUT2D eigenvalue weighted by Gasteiger charge is 2.10. The SMILES string of the molecule is CC(CC(=O)NCCCN(C)C)c1ccc(F)cc1. The predicted octanol–water partition coefficient (Wildman–Crippen LogP) is 2.39. The van der Waals surface area contributed by atoms with Crippen LogP contribution in [0.25, 0.3) is 0 Å². The quantitative estimate of drug-likeness (QED) is 0.769. The minimum Gasteiger partial charge on any atom is -0.356 e. The summed E-state index contributed by atoms with van der Waals surface area (Å²) in [4.78, 5) is 13.8. The Balaban J connectivity index is 2.29. The molecule has 0 radical (unpaired) electrons. The van der Waals surface area contributed by atoms with E-state index in [1.807, 2.05) is 21.0 Å². The van der Waals surface area contributed by atoms with E-state index in [0.29, 0.717) is 13.0 Å². The van der Waals surface area contributed by atoms with E-state index in [0.717, 1.165) is 18.5 Å². The van der Waals surface area contributed by atoms with Crippen LogP contribution in [0.1, 0.15) is 31.2 Å². The molecule has 0 aliphatic heterocycles. The summed E-state index contributed by atoms with van der Waals surface area (Å²) in [6.07, 6.45) is 1.39. The molecular formula is C15H23FN2O. The third-order valence-corrected chi connectivity index (χ3v) is 3.03. The van der Waals surface area contributed by atoms with Crippen molar-refractivity contribution in [1.29, 1.82) is 0 Å². The van der Waals surface area contributed by atoms with Gasteiger partial charge in [-0.1, -0.05) is 19.1 Å². The van der Waals surface area contributed by atoms with Gasteiger partial charge in [0.2, 0.25) is 5.91 Å². The zero-order valence-corrected chi connectivity index (χ0v) is 11.9. The topological polar surface area (TPSA) is 32.3 Å². The number of hydrogen-bond acceptors (Lipinski definition) is 2. The number of halogens is 1. The van der Waals surface area contributed by atoms with Crippen LogP contribution < -0.4 is 5.32 Å². The van der Waals surface area contributed by atoms with Crippen molar-refractivity contribution in [1.82, 2.24) is 10.2 Å². The van der Waals surface area contributed by atoms with E-state index in [-0.39, 0.29) is 17.6 Å². The summed E-state index contributed by atoms with van der Waals surface area (Å²) in [7, 11) is 4.02. The van der Waals surface area contributed by atoms with Crippen molar-refractivity contribution in [3.05, 3.63) is 35.6 Å². The predicted molar refractivity (Wildman–Crippen MR) is 75.6 cm³/mol. The van der Waals surface area contributed by atoms with Crippen LogP contribution in [0.4, 0.5) is 4.39 Å². The Bertz CT molecular complexity index is 390. The van der Waals surface area contributed by atoms with Gasteiger partial charge in [-0.05, 0) is 50.7 Å². The smallest absolute Gasteiger partial charge is 0.220 e. The summed E-state index contributed by atoms with van der Waals surface area (Å²) in [5, 5.41) is 2.91. The van der Waals surface area contributed by atoms with Gasteiger partial charge in [0.1, 0.15) is 5.82 Å². The Morgan fingerprint density at radius 2 is 1.95 bits per heavy atom. The molecule has 1 unspecified atom stereocenters. The minimum atomic E-state index is -0.246. The van der Waals surface area contributed by atoms with Gasteiger partial charge >= 0.3 is 0 Å². The van der Waals surface area contributed by atoms with Gasteiger partial charge < -0.3 is 10.2 Å². The summed E-state index contributed by atoms with van der Waals surface area (Å²) in [6.45, 7) is 3.65. The summed E-state index contributed by atoms with van der Waals surface area (Å²) in [5.74, 6) is -0.0888. The van der Waals surface area contributed by atoms with Crippen LogP contribution in [0.3, 0.4) is 0 Å². The largest absolute Gasteiger partial charge is 0.356 e. The van der Waals surface area contributed by atoms with Crippen LogP contribution in [-0.4, -0.2) is 38.0 Å². The van der Waals surface area contributed by atoms with E-state index < -0.39 is 0 Å². The van der Waals surface area contributed by atoms with Crippen molar-refractivity contribution in [2.24, 2.45) is 0 Å². The second-order valence-electron chi connectivity index (χ2n) is 5.16. The van der Waals surface area contributed by atoms with Gasteiger partial charge in [-0.3, -0.25) is 4.79 Å². The normalized spacial score (nSPS) is 12.5. The van der Waals surface area contributed by atoms with Crippen molar-refractivity contribution in [2.75, 3.05) is 27.2 Å². The Morgan fingerprint density at radius 3 is 2.53 bits per heavy atom. The monoisotopic (exact) mass is 266 g/mol. The molecule has 3 nitrogen and oxygen atoms in total. The van der Waals surface area contributed by atoms with E-state index in [4.69, 9.17) is 0 Å². The number of benzene rings is 1. The van der Waals surface area contributed by atoms with Crippen molar-refractivity contribution in [3.8, 4) is 0 Å². The molecule has 1 rings (SSSR count). The second kappa shape index (κ2) is 7.89. The first-order valence-corrected chi connectivity index (χ1v) is 6.66. The van der Waals surface area contributed by atoms with Crippen molar-refractivity contribution in [3.63, 3.8) is 0 Å². The summed E-state index contributed by atoms with van der Waals surface area (Å²) < 4.78 is 12.8. The maximum atomic E-state index is 12.8. The third kappa shape index (κ3) is 6.34. The zero-order valence-electron chi connectivity index (χ0n) is 11.9. The first-order valence-electron chi connectivity index (χ1n) is 6.66. The molecule has 0 saturated carbocycles. The molecular weight excluding hydrogens is 243 g/mol. The lowest BCUT2D eigenvalue weighted by atomic mass is 9.97. The Morgan fingerprint density at radius 1 is 1.32 bits per heavy atom. The van der Waals surface area contributed by atoms with Crippen LogP contribution >= 0.6 is 0 Å². The molecule has 0 bridgehead atoms. The summed E-state index contributed by atoms with van der Waals surface area (Å²) in [6, 6.07) is 6.33. The van der Waals surface area contributed by atoms with Crippen molar-refractivity contribution >= 4 is 5.91 Å². The number of nitrogens with one attached hydrogen (secondary N) is 1. The lowest BCUT2D eigenvalue weighted by molar-refractivity contribution is -0.121. The Hall–Kier alpha value is -1.42. The molecule has 1 atom stereocenters. The maximum absolute atomic E-state index is 12.8. The fraction of sp³-hybridized carbons (Fsp3) is 0.533. The fourth-order valence-corrected chi connectivity index (χ4v) is 1.88. The fourth-order valence-electron chi connectivity index (χ4n) is 1.88. The second-order valence-corrected chi connectivity index (χ2v) is 5.16. The van der Waals surface area contributed by atoms with E-state index in [1.54, 1.807) is 12.1 Å². The van der Waals surface area contributed by atoms with Crippen LogP contribution in [-0.2, 0) is 4.79 Å². The van der Waals surface area contributed by atoms with Gasteiger partial charge in [-0.25, -0.2) is 4.39 Å². The molecule has 19 heavy (non-hydrogen) atoms. The first kappa shape index (κ1) is 15.6. The molecule has 1 aromatic carbocycles. The maximum Gasteiger partial charge on any atom is 0.220 e. The van der Waals surface area contributed by atoms with E-state index >= 15 is 0 Å². The lowest BCUT2D eigenvalue weighted by Crippen LogP contribution is -2.27. The van der Waals surface area contributed by atoms with Gasteiger partial charge in [-0.15, -0.1) is 0 Å². The lowest BCUT2D eigenvalue weighted by Gasteiger charge is -2.13. The molecule has 0 spiro atoms. The van der Waals surface area contributed by atoms with Gasteiger partial charge in [0, 0.05) is 13.0 Å². The third-order valence-electron chi connectivity index (χ3n) is 3.03. The highest BCUT2D eigenvalue weighted by atomic mass is 19.1. The van der Waals surface area contributed by atoms with Gasteiger partial charge in [-0.2, -0.15) is 0 Å². The molecule has 106 valence electrons. The number of rotatable bonds is 7. The molecule has 1 amide bonds. The summed E-state index contributed by atoms with van der Waals surface area (Å²) >= 11 is 0. The van der Waals surface area contributed by atoms with Gasteiger partial charge in [0.15, 0.2) is 0 Å². The molecule has 0 aromatic heterocycles. The van der Waals surface area contributed by atoms with E-state index in [2.05, 4.69) is 10.2 Å². The molecule has 1 N–H and O–H groups in total.